The van der Waals surface area contributed by atoms with Crippen LogP contribution in [0.1, 0.15) is 11.3 Å². The summed E-state index contributed by atoms with van der Waals surface area (Å²) >= 11 is 8.27. The first kappa shape index (κ1) is 18.3. The van der Waals surface area contributed by atoms with E-state index in [2.05, 4.69) is 16.7 Å². The number of nitrogens with zero attached hydrogens (tertiary/aromatic N) is 3. The number of halogens is 1. The van der Waals surface area contributed by atoms with E-state index in [-0.39, 0.29) is 0 Å². The molecule has 138 valence electrons. The summed E-state index contributed by atoms with van der Waals surface area (Å²) in [5.74, 6) is 0.667. The number of pyridine rings is 1. The number of hydrogen-bond donors (Lipinski definition) is 0. The Morgan fingerprint density at radius 2 is 1.78 bits per heavy atom. The maximum Gasteiger partial charge on any atom is 0.169 e. The number of benzene rings is 2. The van der Waals surface area contributed by atoms with Gasteiger partial charge in [0.2, 0.25) is 0 Å². The third-order valence-electron chi connectivity index (χ3n) is 4.62. The summed E-state index contributed by atoms with van der Waals surface area (Å²) in [6.45, 7) is 3.45. The van der Waals surface area contributed by atoms with Crippen molar-refractivity contribution in [3.63, 3.8) is 0 Å². The molecule has 0 N–H and O–H groups in total. The summed E-state index contributed by atoms with van der Waals surface area (Å²) in [4.78, 5) is 9.58. The van der Waals surface area contributed by atoms with Crippen LogP contribution in [0.2, 0.25) is 5.02 Å². The number of thioether (sulfide) groups is 1. The first-order valence-corrected chi connectivity index (χ1v) is 10.2. The Labute approximate surface area is 167 Å². The van der Waals surface area contributed by atoms with Gasteiger partial charge in [-0.3, -0.25) is 4.98 Å². The summed E-state index contributed by atoms with van der Waals surface area (Å²) in [5, 5.41) is 2.79. The van der Waals surface area contributed by atoms with E-state index in [0.717, 1.165) is 49.9 Å². The molecule has 27 heavy (non-hydrogen) atoms. The van der Waals surface area contributed by atoms with Crippen molar-refractivity contribution in [1.82, 2.24) is 14.5 Å². The van der Waals surface area contributed by atoms with Gasteiger partial charge in [-0.1, -0.05) is 53.7 Å². The maximum absolute atomic E-state index is 6.62. The second-order valence-corrected chi connectivity index (χ2v) is 7.65. The van der Waals surface area contributed by atoms with Gasteiger partial charge in [-0.05, 0) is 30.7 Å². The van der Waals surface area contributed by atoms with Gasteiger partial charge >= 0.3 is 0 Å². The van der Waals surface area contributed by atoms with E-state index in [1.165, 1.54) is 0 Å². The van der Waals surface area contributed by atoms with Gasteiger partial charge in [-0.2, -0.15) is 0 Å². The Hall–Kier alpha value is -2.08. The van der Waals surface area contributed by atoms with Gasteiger partial charge in [0, 0.05) is 24.8 Å². The van der Waals surface area contributed by atoms with E-state index in [0.29, 0.717) is 12.4 Å². The summed E-state index contributed by atoms with van der Waals surface area (Å²) in [7, 11) is 1.72. The normalized spacial score (nSPS) is 11.5. The van der Waals surface area contributed by atoms with Gasteiger partial charge in [-0.15, -0.1) is 0 Å². The lowest BCUT2D eigenvalue weighted by Crippen LogP contribution is -2.05. The number of para-hydroxylation sites is 3. The molecule has 0 saturated carbocycles. The van der Waals surface area contributed by atoms with Crippen LogP contribution < -0.4 is 0 Å². The number of rotatable bonds is 6. The number of aryl methyl sites for hydroxylation is 1. The number of ether oxygens (including phenoxy) is 1. The third-order valence-corrected chi connectivity index (χ3v) is 6.11. The van der Waals surface area contributed by atoms with Crippen molar-refractivity contribution in [3.8, 4) is 0 Å². The highest BCUT2D eigenvalue weighted by atomic mass is 35.5. The molecule has 4 rings (SSSR count). The van der Waals surface area contributed by atoms with E-state index in [1.54, 1.807) is 18.9 Å². The Morgan fingerprint density at radius 3 is 2.59 bits per heavy atom. The fraction of sp³-hybridized carbons (Fsp3) is 0.238. The van der Waals surface area contributed by atoms with E-state index < -0.39 is 0 Å². The molecule has 0 atom stereocenters. The molecule has 0 saturated heterocycles. The molecule has 4 aromatic rings. The number of aromatic nitrogens is 3. The molecule has 0 fully saturated rings. The smallest absolute Gasteiger partial charge is 0.169 e. The molecule has 2 heterocycles. The van der Waals surface area contributed by atoms with Gasteiger partial charge in [0.15, 0.2) is 5.16 Å². The van der Waals surface area contributed by atoms with E-state index in [4.69, 9.17) is 26.3 Å². The Morgan fingerprint density at radius 1 is 1.04 bits per heavy atom. The van der Waals surface area contributed by atoms with Crippen molar-refractivity contribution in [1.29, 1.82) is 0 Å². The van der Waals surface area contributed by atoms with Crippen molar-refractivity contribution in [2.45, 2.75) is 24.4 Å². The zero-order valence-corrected chi connectivity index (χ0v) is 16.8. The average Bonchev–Trinajstić information content (AvgIpc) is 3.05. The minimum absolute atomic E-state index is 0.641. The standard InChI is InChI=1S/C21H20ClN3OS/c1-14-15-7-3-4-8-16(15)23-18(20(14)22)13-27-21-24-17-9-5-6-10-19(17)25(21)11-12-26-2/h3-10H,11-13H2,1-2H3. The van der Waals surface area contributed by atoms with Gasteiger partial charge in [0.25, 0.3) is 0 Å². The highest BCUT2D eigenvalue weighted by molar-refractivity contribution is 7.98. The lowest BCUT2D eigenvalue weighted by molar-refractivity contribution is 0.186. The molecule has 0 aliphatic carbocycles. The maximum atomic E-state index is 6.62. The predicted octanol–water partition coefficient (Wildman–Crippen LogP) is 5.49. The Kier molecular flexibility index (Phi) is 5.34. The van der Waals surface area contributed by atoms with Gasteiger partial charge in [0.1, 0.15) is 0 Å². The van der Waals surface area contributed by atoms with Crippen LogP contribution in [0.25, 0.3) is 21.9 Å². The van der Waals surface area contributed by atoms with Crippen LogP contribution in [-0.2, 0) is 17.0 Å². The quantitative estimate of drug-likeness (QED) is 0.403. The molecule has 6 heteroatoms. The predicted molar refractivity (Wildman–Crippen MR) is 113 cm³/mol. The first-order valence-electron chi connectivity index (χ1n) is 8.79. The van der Waals surface area contributed by atoms with Crippen molar-refractivity contribution in [2.24, 2.45) is 0 Å². The van der Waals surface area contributed by atoms with Crippen molar-refractivity contribution in [2.75, 3.05) is 13.7 Å². The Balaban J connectivity index is 1.67. The second-order valence-electron chi connectivity index (χ2n) is 6.33. The molecule has 0 aliphatic rings. The topological polar surface area (TPSA) is 39.9 Å². The number of hydrogen-bond acceptors (Lipinski definition) is 4. The fourth-order valence-corrected chi connectivity index (χ4v) is 4.48. The molecule has 4 nitrogen and oxygen atoms in total. The van der Waals surface area contributed by atoms with Gasteiger partial charge < -0.3 is 9.30 Å². The number of fused-ring (bicyclic) bond motifs is 2. The number of methoxy groups -OCH3 is 1. The minimum Gasteiger partial charge on any atom is -0.383 e. The second kappa shape index (κ2) is 7.89. The SMILES string of the molecule is COCCn1c(SCc2nc3ccccc3c(C)c2Cl)nc2ccccc21. The zero-order valence-electron chi connectivity index (χ0n) is 15.3. The lowest BCUT2D eigenvalue weighted by Gasteiger charge is -2.11. The monoisotopic (exact) mass is 397 g/mol. The number of imidazole rings is 1. The largest absolute Gasteiger partial charge is 0.383 e. The van der Waals surface area contributed by atoms with Crippen LogP contribution >= 0.6 is 23.4 Å². The average molecular weight is 398 g/mol. The first-order chi connectivity index (χ1) is 13.2. The fourth-order valence-electron chi connectivity index (χ4n) is 3.21. The minimum atomic E-state index is 0.641. The van der Waals surface area contributed by atoms with E-state index in [9.17, 15) is 0 Å². The molecule has 2 aromatic heterocycles. The van der Waals surface area contributed by atoms with Crippen LogP contribution in [-0.4, -0.2) is 28.3 Å². The molecule has 0 bridgehead atoms. The third kappa shape index (κ3) is 3.55. The Bertz CT molecular complexity index is 1110. The van der Waals surface area contributed by atoms with E-state index in [1.807, 2.05) is 43.3 Å². The summed E-state index contributed by atoms with van der Waals surface area (Å²) in [6.07, 6.45) is 0. The molecule has 0 aliphatic heterocycles. The van der Waals surface area contributed by atoms with Crippen LogP contribution in [0.4, 0.5) is 0 Å². The highest BCUT2D eigenvalue weighted by Crippen LogP contribution is 2.32. The zero-order chi connectivity index (χ0) is 18.8. The lowest BCUT2D eigenvalue weighted by atomic mass is 10.1. The molecule has 0 amide bonds. The molecule has 0 unspecified atom stereocenters. The molecule has 0 spiro atoms. The van der Waals surface area contributed by atoms with Crippen LogP contribution in [0, 0.1) is 6.92 Å². The highest BCUT2D eigenvalue weighted by Gasteiger charge is 2.14. The van der Waals surface area contributed by atoms with Crippen molar-refractivity contribution < 1.29 is 4.74 Å². The summed E-state index contributed by atoms with van der Waals surface area (Å²) in [5.41, 5.74) is 5.05. The van der Waals surface area contributed by atoms with Gasteiger partial charge in [0.05, 0.1) is 33.9 Å². The molecule has 2 aromatic carbocycles. The van der Waals surface area contributed by atoms with E-state index >= 15 is 0 Å². The van der Waals surface area contributed by atoms with Crippen LogP contribution in [0.15, 0.2) is 53.7 Å². The molecular formula is C21H20ClN3OS. The van der Waals surface area contributed by atoms with Crippen LogP contribution in [0.5, 0.6) is 0 Å². The van der Waals surface area contributed by atoms with Crippen molar-refractivity contribution in [3.05, 3.63) is 64.8 Å². The van der Waals surface area contributed by atoms with Crippen molar-refractivity contribution >= 4 is 45.3 Å². The van der Waals surface area contributed by atoms with Crippen LogP contribution in [0.3, 0.4) is 0 Å². The summed E-state index contributed by atoms with van der Waals surface area (Å²) < 4.78 is 7.47. The molecule has 0 radical (unpaired) electrons. The van der Waals surface area contributed by atoms with Gasteiger partial charge in [-0.25, -0.2) is 4.98 Å². The summed E-state index contributed by atoms with van der Waals surface area (Å²) in [6, 6.07) is 16.3. The molecular weight excluding hydrogens is 378 g/mol.